The molecule has 2 rings (SSSR count). The van der Waals surface area contributed by atoms with Crippen molar-refractivity contribution in [3.63, 3.8) is 0 Å². The Morgan fingerprint density at radius 3 is 1.91 bits per heavy atom. The highest BCUT2D eigenvalue weighted by molar-refractivity contribution is 5.69. The van der Waals surface area contributed by atoms with E-state index in [2.05, 4.69) is 18.1 Å². The van der Waals surface area contributed by atoms with Crippen molar-refractivity contribution < 1.29 is 28.5 Å². The molecule has 2 aliphatic heterocycles. The van der Waals surface area contributed by atoms with Gasteiger partial charge < -0.3 is 18.9 Å². The summed E-state index contributed by atoms with van der Waals surface area (Å²) in [4.78, 5) is 23.1. The van der Waals surface area contributed by atoms with E-state index in [9.17, 15) is 9.59 Å². The molecule has 0 aromatic heterocycles. The highest BCUT2D eigenvalue weighted by atomic mass is 16.6. The second-order valence-corrected chi connectivity index (χ2v) is 8.75. The molecular weight excluding hydrogens is 408 g/mol. The summed E-state index contributed by atoms with van der Waals surface area (Å²) in [6.07, 6.45) is 22.8. The van der Waals surface area contributed by atoms with Gasteiger partial charge in [-0.05, 0) is 38.5 Å². The van der Waals surface area contributed by atoms with Gasteiger partial charge in [-0.25, -0.2) is 0 Å². The van der Waals surface area contributed by atoms with Crippen molar-refractivity contribution in [2.75, 3.05) is 26.4 Å². The van der Waals surface area contributed by atoms with Gasteiger partial charge in [-0.15, -0.1) is 12.3 Å². The van der Waals surface area contributed by atoms with E-state index in [1.807, 2.05) is 0 Å². The summed E-state index contributed by atoms with van der Waals surface area (Å²) in [7, 11) is 0. The zero-order valence-corrected chi connectivity index (χ0v) is 19.4. The summed E-state index contributed by atoms with van der Waals surface area (Å²) in [5, 5.41) is 0. The van der Waals surface area contributed by atoms with E-state index in [0.29, 0.717) is 32.0 Å². The van der Waals surface area contributed by atoms with Crippen LogP contribution in [0.5, 0.6) is 0 Å². The molecule has 6 nitrogen and oxygen atoms in total. The lowest BCUT2D eigenvalue weighted by atomic mass is 9.97. The molecule has 0 spiro atoms. The average molecular weight is 449 g/mol. The Labute approximate surface area is 193 Å². The first-order chi connectivity index (χ1) is 15.7. The fraction of sp³-hybridized carbons (Fsp3) is 0.769. The van der Waals surface area contributed by atoms with E-state index in [1.165, 1.54) is 0 Å². The summed E-state index contributed by atoms with van der Waals surface area (Å²) in [5.41, 5.74) is 0. The van der Waals surface area contributed by atoms with Gasteiger partial charge >= 0.3 is 11.9 Å². The minimum Gasteiger partial charge on any atom is -0.463 e. The van der Waals surface area contributed by atoms with E-state index >= 15 is 0 Å². The van der Waals surface area contributed by atoms with Gasteiger partial charge in [0.15, 0.2) is 0 Å². The molecule has 2 heterocycles. The van der Waals surface area contributed by atoms with Crippen LogP contribution in [0.1, 0.15) is 83.5 Å². The molecule has 0 aromatic carbocycles. The molecule has 32 heavy (non-hydrogen) atoms. The van der Waals surface area contributed by atoms with E-state index in [4.69, 9.17) is 25.4 Å². The number of hydrogen-bond donors (Lipinski definition) is 0. The summed E-state index contributed by atoms with van der Waals surface area (Å²) in [5.74, 6) is 2.97. The largest absolute Gasteiger partial charge is 0.463 e. The quantitative estimate of drug-likeness (QED) is 0.0880. The normalized spacial score (nSPS) is 20.0. The van der Waals surface area contributed by atoms with Gasteiger partial charge in [0, 0.05) is 18.8 Å². The molecule has 3 atom stereocenters. The molecule has 0 N–H and O–H groups in total. The van der Waals surface area contributed by atoms with Crippen LogP contribution in [0.15, 0.2) is 12.2 Å². The lowest BCUT2D eigenvalue weighted by molar-refractivity contribution is -0.145. The van der Waals surface area contributed by atoms with Gasteiger partial charge in [-0.1, -0.05) is 44.3 Å². The smallest absolute Gasteiger partial charge is 0.305 e. The van der Waals surface area contributed by atoms with Crippen molar-refractivity contribution in [1.29, 1.82) is 0 Å². The van der Waals surface area contributed by atoms with Crippen LogP contribution < -0.4 is 0 Å². The third-order valence-corrected chi connectivity index (χ3v) is 5.67. The number of carbonyl (C=O) groups is 2. The van der Waals surface area contributed by atoms with Crippen LogP contribution in [0.4, 0.5) is 0 Å². The predicted octanol–water partition coefficient (Wildman–Crippen LogP) is 4.75. The van der Waals surface area contributed by atoms with Crippen LogP contribution >= 0.6 is 0 Å². The lowest BCUT2D eigenvalue weighted by Crippen LogP contribution is -2.09. The lowest BCUT2D eigenvalue weighted by Gasteiger charge is -2.08. The molecule has 3 unspecified atom stereocenters. The Hall–Kier alpha value is -1.84. The number of allylic oxidation sites excluding steroid dienone is 2. The van der Waals surface area contributed by atoms with Gasteiger partial charge in [-0.2, -0.15) is 0 Å². The van der Waals surface area contributed by atoms with Crippen molar-refractivity contribution in [1.82, 2.24) is 0 Å². The minimum atomic E-state index is -0.117. The summed E-state index contributed by atoms with van der Waals surface area (Å²) in [6.45, 7) is 2.26. The molecule has 6 heteroatoms. The van der Waals surface area contributed by atoms with E-state index in [-0.39, 0.29) is 24.1 Å². The maximum atomic E-state index is 11.5. The first kappa shape index (κ1) is 26.4. The van der Waals surface area contributed by atoms with Crippen molar-refractivity contribution in [2.24, 2.45) is 5.92 Å². The summed E-state index contributed by atoms with van der Waals surface area (Å²) in [6, 6.07) is 0. The van der Waals surface area contributed by atoms with Gasteiger partial charge in [0.25, 0.3) is 0 Å². The van der Waals surface area contributed by atoms with Gasteiger partial charge in [-0.3, -0.25) is 9.59 Å². The summed E-state index contributed by atoms with van der Waals surface area (Å²) >= 11 is 0. The predicted molar refractivity (Wildman–Crippen MR) is 123 cm³/mol. The molecular formula is C26H40O6. The van der Waals surface area contributed by atoms with E-state index < -0.39 is 0 Å². The number of unbranched alkanes of at least 4 members (excludes halogenated alkanes) is 7. The Bertz CT molecular complexity index is 600. The number of rotatable bonds is 20. The van der Waals surface area contributed by atoms with Crippen LogP contribution in [-0.2, 0) is 28.5 Å². The third-order valence-electron chi connectivity index (χ3n) is 5.67. The molecule has 0 saturated carbocycles. The first-order valence-electron chi connectivity index (χ1n) is 12.3. The topological polar surface area (TPSA) is 77.7 Å². The van der Waals surface area contributed by atoms with Crippen LogP contribution in [0.3, 0.4) is 0 Å². The Kier molecular flexibility index (Phi) is 13.8. The molecule has 0 aromatic rings. The second kappa shape index (κ2) is 16.7. The standard InChI is InChI=1S/C26H40O6/c1-2-22(15-11-8-9-13-17-26(28)32-21-24-19-30-24)14-10-6-4-3-5-7-12-16-25(27)31-20-23-18-29-23/h1,6,10,22-24H,3-5,7-9,11-21H2. The Morgan fingerprint density at radius 2 is 1.38 bits per heavy atom. The van der Waals surface area contributed by atoms with Crippen LogP contribution in [0.25, 0.3) is 0 Å². The first-order valence-corrected chi connectivity index (χ1v) is 12.3. The number of ether oxygens (including phenoxy) is 4. The number of epoxide rings is 2. The molecule has 0 amide bonds. The molecule has 0 radical (unpaired) electrons. The summed E-state index contributed by atoms with van der Waals surface area (Å²) < 4.78 is 20.3. The third kappa shape index (κ3) is 15.0. The van der Waals surface area contributed by atoms with Crippen LogP contribution in [0, 0.1) is 18.3 Å². The monoisotopic (exact) mass is 448 g/mol. The zero-order chi connectivity index (χ0) is 22.9. The van der Waals surface area contributed by atoms with Crippen LogP contribution in [-0.4, -0.2) is 50.6 Å². The van der Waals surface area contributed by atoms with Crippen molar-refractivity contribution in [3.05, 3.63) is 12.2 Å². The highest BCUT2D eigenvalue weighted by Gasteiger charge is 2.24. The number of carbonyl (C=O) groups excluding carboxylic acids is 2. The van der Waals surface area contributed by atoms with E-state index in [1.54, 1.807) is 0 Å². The average Bonchev–Trinajstić information content (AvgIpc) is 3.70. The highest BCUT2D eigenvalue weighted by Crippen LogP contribution is 2.16. The maximum Gasteiger partial charge on any atom is 0.305 e. The van der Waals surface area contributed by atoms with Crippen molar-refractivity contribution >= 4 is 11.9 Å². The molecule has 2 fully saturated rings. The van der Waals surface area contributed by atoms with Crippen molar-refractivity contribution in [2.45, 2.75) is 95.7 Å². The number of hydrogen-bond acceptors (Lipinski definition) is 6. The molecule has 2 aliphatic rings. The minimum absolute atomic E-state index is 0.109. The maximum absolute atomic E-state index is 11.5. The Balaban J connectivity index is 1.33. The van der Waals surface area contributed by atoms with Gasteiger partial charge in [0.05, 0.1) is 13.2 Å². The van der Waals surface area contributed by atoms with Crippen LogP contribution in [0.2, 0.25) is 0 Å². The van der Waals surface area contributed by atoms with Crippen molar-refractivity contribution in [3.8, 4) is 12.3 Å². The van der Waals surface area contributed by atoms with E-state index in [0.717, 1.165) is 83.8 Å². The Morgan fingerprint density at radius 1 is 0.844 bits per heavy atom. The number of esters is 2. The molecule has 180 valence electrons. The molecule has 0 aliphatic carbocycles. The zero-order valence-electron chi connectivity index (χ0n) is 19.4. The number of terminal acetylenes is 1. The second-order valence-electron chi connectivity index (χ2n) is 8.75. The fourth-order valence-electron chi connectivity index (χ4n) is 3.39. The SMILES string of the molecule is C#CC(CC=CCCCCCCC(=O)OCC1CO1)CCCCCCC(=O)OCC1CO1. The fourth-order valence-corrected chi connectivity index (χ4v) is 3.39. The molecule has 2 saturated heterocycles. The van der Waals surface area contributed by atoms with Gasteiger partial charge in [0.2, 0.25) is 0 Å². The molecule has 0 bridgehead atoms. The van der Waals surface area contributed by atoms with Gasteiger partial charge in [0.1, 0.15) is 25.4 Å².